The van der Waals surface area contributed by atoms with Crippen LogP contribution in [-0.4, -0.2) is 32.7 Å². The molecule has 0 aromatic rings. The van der Waals surface area contributed by atoms with Gasteiger partial charge < -0.3 is 30.2 Å². The minimum atomic E-state index is 0. The van der Waals surface area contributed by atoms with E-state index in [1.807, 2.05) is 42.8 Å². The molecule has 0 aromatic heterocycles. The van der Waals surface area contributed by atoms with Crippen molar-refractivity contribution in [3.8, 4) is 0 Å². The van der Waals surface area contributed by atoms with Crippen molar-refractivity contribution in [2.75, 3.05) is 13.1 Å². The van der Waals surface area contributed by atoms with Crippen molar-refractivity contribution < 1.29 is 17.1 Å². The van der Waals surface area contributed by atoms with Gasteiger partial charge in [0.25, 0.3) is 0 Å². The Hall–Kier alpha value is -2.76. The topological polar surface area (TPSA) is 39.1 Å². The van der Waals surface area contributed by atoms with Gasteiger partial charge in [-0.15, -0.1) is 5.70 Å². The molecule has 0 amide bonds. The Labute approximate surface area is 210 Å². The summed E-state index contributed by atoms with van der Waals surface area (Å²) in [6.45, 7) is 19.1. The molecule has 1 N–H and O–H groups in total. The van der Waals surface area contributed by atoms with E-state index in [2.05, 4.69) is 104 Å². The number of nitrogens with zero attached hydrogens (tertiary/aromatic N) is 5. The fraction of sp³-hybridized carbons (Fsp3) is 0.308. The average molecular weight is 487 g/mol. The van der Waals surface area contributed by atoms with Gasteiger partial charge in [0.15, 0.2) is 0 Å². The largest absolute Gasteiger partial charge is 3.00 e. The molecule has 0 aliphatic carbocycles. The zero-order valence-electron chi connectivity index (χ0n) is 20.4. The van der Waals surface area contributed by atoms with Crippen LogP contribution in [0, 0.1) is 13.3 Å². The molecule has 33 heavy (non-hydrogen) atoms. The Kier molecular flexibility index (Phi) is 10.0. The van der Waals surface area contributed by atoms with Crippen LogP contribution in [0.1, 0.15) is 41.5 Å². The predicted molar refractivity (Wildman–Crippen MR) is 133 cm³/mol. The quantitative estimate of drug-likeness (QED) is 0.401. The molecule has 0 bridgehead atoms. The van der Waals surface area contributed by atoms with Gasteiger partial charge in [0.2, 0.25) is 0 Å². The molecule has 0 spiro atoms. The second kappa shape index (κ2) is 12.5. The van der Waals surface area contributed by atoms with Crippen molar-refractivity contribution >= 4 is 0 Å². The molecule has 0 saturated carbocycles. The summed E-state index contributed by atoms with van der Waals surface area (Å²) in [4.78, 5) is 8.76. The van der Waals surface area contributed by atoms with Crippen LogP contribution < -0.4 is 5.32 Å². The fourth-order valence-corrected chi connectivity index (χ4v) is 3.57. The SMILES string of the molecule is CCN1[CH-]N(/C=C2/C=CC=CN2)C(C)=C1C.CCN1[CH-]N(/C=C2/C=CC=C[N-]2)C(C)=C1C.[Fe+3]. The number of nitrogens with one attached hydrogen (secondary N) is 1. The molecular formula is C26H35FeN6. The number of rotatable bonds is 4. The number of dihydropyridines is 1. The molecule has 4 rings (SSSR count). The van der Waals surface area contributed by atoms with E-state index in [1.54, 1.807) is 0 Å². The summed E-state index contributed by atoms with van der Waals surface area (Å²) in [6, 6.07) is 0. The van der Waals surface area contributed by atoms with E-state index in [0.717, 1.165) is 24.5 Å². The smallest absolute Gasteiger partial charge is 0.663 e. The first-order valence-electron chi connectivity index (χ1n) is 11.2. The first kappa shape index (κ1) is 26.5. The third kappa shape index (κ3) is 6.62. The Balaban J connectivity index is 0.000000227. The fourth-order valence-electron chi connectivity index (χ4n) is 3.57. The molecule has 4 aliphatic heterocycles. The molecule has 1 radical (unpaired) electrons. The summed E-state index contributed by atoms with van der Waals surface area (Å²) in [5.74, 6) is 0. The van der Waals surface area contributed by atoms with Gasteiger partial charge in [0.05, 0.1) is 5.70 Å². The van der Waals surface area contributed by atoms with Crippen molar-refractivity contribution in [2.45, 2.75) is 41.5 Å². The zero-order valence-corrected chi connectivity index (χ0v) is 21.5. The molecule has 0 atom stereocenters. The van der Waals surface area contributed by atoms with Crippen LogP contribution in [0.2, 0.25) is 0 Å². The minimum absolute atomic E-state index is 0. The van der Waals surface area contributed by atoms with Gasteiger partial charge in [-0.25, -0.2) is 0 Å². The minimum Gasteiger partial charge on any atom is -0.663 e. The van der Waals surface area contributed by atoms with Crippen LogP contribution in [0.15, 0.2) is 95.4 Å². The summed E-state index contributed by atoms with van der Waals surface area (Å²) < 4.78 is 0. The van der Waals surface area contributed by atoms with Gasteiger partial charge in [-0.3, -0.25) is 0 Å². The van der Waals surface area contributed by atoms with Crippen LogP contribution in [-0.2, 0) is 17.1 Å². The van der Waals surface area contributed by atoms with Crippen LogP contribution in [0.4, 0.5) is 0 Å². The summed E-state index contributed by atoms with van der Waals surface area (Å²) >= 11 is 0. The maximum absolute atomic E-state index is 4.29. The van der Waals surface area contributed by atoms with Gasteiger partial charge in [-0.1, -0.05) is 24.3 Å². The zero-order chi connectivity index (χ0) is 23.1. The first-order valence-corrected chi connectivity index (χ1v) is 11.2. The predicted octanol–water partition coefficient (Wildman–Crippen LogP) is 5.80. The Morgan fingerprint density at radius 1 is 0.788 bits per heavy atom. The van der Waals surface area contributed by atoms with Gasteiger partial charge in [-0.2, -0.15) is 19.5 Å². The third-order valence-corrected chi connectivity index (χ3v) is 5.86. The molecule has 0 saturated heterocycles. The molecule has 7 heteroatoms. The Bertz CT molecular complexity index is 858. The maximum Gasteiger partial charge on any atom is 3.00 e. The van der Waals surface area contributed by atoms with E-state index < -0.39 is 0 Å². The Morgan fingerprint density at radius 2 is 1.36 bits per heavy atom. The maximum atomic E-state index is 4.29. The molecule has 6 nitrogen and oxygen atoms in total. The van der Waals surface area contributed by atoms with Crippen LogP contribution in [0.5, 0.6) is 0 Å². The van der Waals surface area contributed by atoms with Gasteiger partial charge in [0, 0.05) is 17.6 Å². The van der Waals surface area contributed by atoms with E-state index in [0.29, 0.717) is 0 Å². The summed E-state index contributed by atoms with van der Waals surface area (Å²) in [7, 11) is 0. The van der Waals surface area contributed by atoms with Crippen molar-refractivity contribution in [1.29, 1.82) is 0 Å². The van der Waals surface area contributed by atoms with E-state index in [4.69, 9.17) is 0 Å². The van der Waals surface area contributed by atoms with Crippen molar-refractivity contribution in [1.82, 2.24) is 24.9 Å². The van der Waals surface area contributed by atoms with E-state index >= 15 is 0 Å². The molecule has 0 unspecified atom stereocenters. The van der Waals surface area contributed by atoms with Gasteiger partial charge in [-0.05, 0) is 90.6 Å². The molecule has 0 aromatic carbocycles. The normalized spacial score (nSPS) is 21.6. The molecule has 4 heterocycles. The van der Waals surface area contributed by atoms with Crippen molar-refractivity contribution in [3.05, 3.63) is 114 Å². The molecule has 0 fully saturated rings. The molecular weight excluding hydrogens is 452 g/mol. The van der Waals surface area contributed by atoms with Crippen LogP contribution in [0.25, 0.3) is 5.32 Å². The number of allylic oxidation sites excluding steroid dienone is 10. The van der Waals surface area contributed by atoms with Crippen molar-refractivity contribution in [3.63, 3.8) is 0 Å². The summed E-state index contributed by atoms with van der Waals surface area (Å²) in [5, 5.41) is 7.50. The molecule has 4 aliphatic rings. The molecule has 177 valence electrons. The van der Waals surface area contributed by atoms with E-state index in [9.17, 15) is 0 Å². The van der Waals surface area contributed by atoms with Gasteiger partial charge in [0.1, 0.15) is 0 Å². The van der Waals surface area contributed by atoms with E-state index in [1.165, 1.54) is 22.8 Å². The Morgan fingerprint density at radius 3 is 1.82 bits per heavy atom. The van der Waals surface area contributed by atoms with E-state index in [-0.39, 0.29) is 17.1 Å². The third-order valence-electron chi connectivity index (χ3n) is 5.86. The van der Waals surface area contributed by atoms with Crippen LogP contribution >= 0.6 is 0 Å². The number of hydrogen-bond acceptors (Lipinski definition) is 5. The van der Waals surface area contributed by atoms with Gasteiger partial charge >= 0.3 is 17.1 Å². The first-order chi connectivity index (χ1) is 15.4. The standard InChI is InChI=1S/C13H18N3.C13H17N3.Fe/c2*1-4-15-10-16(12(3)11(15)2)9-13-7-5-6-8-14-13;/h5-10,14H,4H2,1-3H3;5-10H,4H2,1-3H3;/q-1;-2;+3/b2*13-9-;. The monoisotopic (exact) mass is 487 g/mol. The average Bonchev–Trinajstić information content (AvgIpc) is 3.25. The second-order valence-corrected chi connectivity index (χ2v) is 7.79. The van der Waals surface area contributed by atoms with Crippen molar-refractivity contribution in [2.24, 2.45) is 0 Å². The summed E-state index contributed by atoms with van der Waals surface area (Å²) in [5.41, 5.74) is 7.23. The van der Waals surface area contributed by atoms with Crippen LogP contribution in [0.3, 0.4) is 0 Å². The second-order valence-electron chi connectivity index (χ2n) is 7.79. The number of hydrogen-bond donors (Lipinski definition) is 1. The summed E-state index contributed by atoms with van der Waals surface area (Å²) in [6.07, 6.45) is 19.9.